The molecule has 8 nitrogen and oxygen atoms in total. The van der Waals surface area contributed by atoms with Gasteiger partial charge in [0.2, 0.25) is 27.6 Å². The Morgan fingerprint density at radius 2 is 1.97 bits per heavy atom. The molecule has 0 saturated heterocycles. The van der Waals surface area contributed by atoms with E-state index in [0.29, 0.717) is 18.8 Å². The van der Waals surface area contributed by atoms with Crippen molar-refractivity contribution in [2.45, 2.75) is 30.7 Å². The van der Waals surface area contributed by atoms with Crippen LogP contribution in [-0.2, 0) is 27.8 Å². The number of hydrogen-bond donors (Lipinski definition) is 1. The van der Waals surface area contributed by atoms with E-state index < -0.39 is 10.0 Å². The monoisotopic (exact) mass is 424 g/mol. The number of carbonyl (C=O) groups is 1. The van der Waals surface area contributed by atoms with Crippen molar-refractivity contribution < 1.29 is 17.7 Å². The van der Waals surface area contributed by atoms with Gasteiger partial charge in [-0.3, -0.25) is 4.79 Å². The summed E-state index contributed by atoms with van der Waals surface area (Å²) < 4.78 is 33.1. The van der Waals surface area contributed by atoms with E-state index in [4.69, 9.17) is 4.52 Å². The molecule has 0 bridgehead atoms. The maximum Gasteiger partial charge on any atom is 0.242 e. The van der Waals surface area contributed by atoms with Gasteiger partial charge in [0.05, 0.1) is 11.4 Å². The summed E-state index contributed by atoms with van der Waals surface area (Å²) in [6, 6.07) is 14.2. The second-order valence-corrected chi connectivity index (χ2v) is 9.27. The summed E-state index contributed by atoms with van der Waals surface area (Å²) >= 11 is 0. The SMILES string of the molecule is O=C(C1CC1)N1CCc2cc(S(=O)(=O)NCc3nc(-c4ccccc4)no3)ccc21. The van der Waals surface area contributed by atoms with E-state index in [9.17, 15) is 13.2 Å². The van der Waals surface area contributed by atoms with Crippen molar-refractivity contribution in [2.24, 2.45) is 5.92 Å². The van der Waals surface area contributed by atoms with Crippen molar-refractivity contribution in [3.63, 3.8) is 0 Å². The van der Waals surface area contributed by atoms with Crippen LogP contribution in [0.25, 0.3) is 11.4 Å². The van der Waals surface area contributed by atoms with Gasteiger partial charge in [0.25, 0.3) is 0 Å². The van der Waals surface area contributed by atoms with Gasteiger partial charge in [-0.15, -0.1) is 0 Å². The lowest BCUT2D eigenvalue weighted by Crippen LogP contribution is -2.30. The average molecular weight is 424 g/mol. The first kappa shape index (κ1) is 19.0. The van der Waals surface area contributed by atoms with Gasteiger partial charge in [-0.2, -0.15) is 4.98 Å². The molecule has 30 heavy (non-hydrogen) atoms. The smallest absolute Gasteiger partial charge is 0.242 e. The molecule has 1 fully saturated rings. The van der Waals surface area contributed by atoms with Gasteiger partial charge in [0, 0.05) is 23.7 Å². The van der Waals surface area contributed by atoms with Crippen LogP contribution in [-0.4, -0.2) is 31.0 Å². The number of amides is 1. The van der Waals surface area contributed by atoms with Crippen LogP contribution in [0.15, 0.2) is 57.9 Å². The number of benzene rings is 2. The van der Waals surface area contributed by atoms with E-state index in [1.54, 1.807) is 17.0 Å². The molecule has 5 rings (SSSR count). The summed E-state index contributed by atoms with van der Waals surface area (Å²) in [5, 5.41) is 3.89. The van der Waals surface area contributed by atoms with Gasteiger partial charge in [-0.05, 0) is 43.0 Å². The molecule has 0 atom stereocenters. The van der Waals surface area contributed by atoms with Crippen LogP contribution >= 0.6 is 0 Å². The quantitative estimate of drug-likeness (QED) is 0.652. The van der Waals surface area contributed by atoms with Crippen molar-refractivity contribution in [1.29, 1.82) is 0 Å². The fraction of sp³-hybridized carbons (Fsp3) is 0.286. The second-order valence-electron chi connectivity index (χ2n) is 7.51. The molecule has 2 aromatic carbocycles. The molecule has 154 valence electrons. The third-order valence-electron chi connectivity index (χ3n) is 5.36. The van der Waals surface area contributed by atoms with Gasteiger partial charge in [-0.25, -0.2) is 13.1 Å². The van der Waals surface area contributed by atoms with E-state index in [0.717, 1.165) is 29.7 Å². The minimum atomic E-state index is -3.76. The molecule has 9 heteroatoms. The Kier molecular flexibility index (Phi) is 4.63. The van der Waals surface area contributed by atoms with Crippen LogP contribution in [0.2, 0.25) is 0 Å². The molecule has 1 N–H and O–H groups in total. The topological polar surface area (TPSA) is 105 Å². The summed E-state index contributed by atoms with van der Waals surface area (Å²) in [4.78, 5) is 18.6. The number of nitrogens with one attached hydrogen (secondary N) is 1. The van der Waals surface area contributed by atoms with Crippen molar-refractivity contribution in [3.8, 4) is 11.4 Å². The van der Waals surface area contributed by atoms with Gasteiger partial charge in [0.1, 0.15) is 0 Å². The summed E-state index contributed by atoms with van der Waals surface area (Å²) in [7, 11) is -3.76. The highest BCUT2D eigenvalue weighted by molar-refractivity contribution is 7.89. The van der Waals surface area contributed by atoms with Crippen LogP contribution in [0.5, 0.6) is 0 Å². The Morgan fingerprint density at radius 1 is 1.17 bits per heavy atom. The molecule has 2 aliphatic rings. The van der Waals surface area contributed by atoms with Gasteiger partial charge >= 0.3 is 0 Å². The highest BCUT2D eigenvalue weighted by Crippen LogP contribution is 2.37. The standard InChI is InChI=1S/C21H20N4O4S/c26-21(15-6-7-15)25-11-10-16-12-17(8-9-18(16)25)30(27,28)22-13-19-23-20(24-29-19)14-4-2-1-3-5-14/h1-5,8-9,12,15,22H,6-7,10-11,13H2. The summed E-state index contributed by atoms with van der Waals surface area (Å²) in [5.41, 5.74) is 2.48. The Labute approximate surface area is 174 Å². The molecule has 1 aromatic heterocycles. The lowest BCUT2D eigenvalue weighted by molar-refractivity contribution is -0.119. The number of carbonyl (C=O) groups excluding carboxylic acids is 1. The molecule has 0 unspecified atom stereocenters. The van der Waals surface area contributed by atoms with Crippen molar-refractivity contribution >= 4 is 21.6 Å². The molecule has 0 radical (unpaired) electrons. The zero-order valence-corrected chi connectivity index (χ0v) is 16.9. The summed E-state index contributed by atoms with van der Waals surface area (Å²) in [6.07, 6.45) is 2.55. The maximum absolute atomic E-state index is 12.7. The van der Waals surface area contributed by atoms with Crippen LogP contribution in [0.3, 0.4) is 0 Å². The van der Waals surface area contributed by atoms with Crippen LogP contribution in [0.1, 0.15) is 24.3 Å². The molecule has 0 spiro atoms. The summed E-state index contributed by atoms with van der Waals surface area (Å²) in [5.74, 6) is 0.867. The van der Waals surface area contributed by atoms with Crippen LogP contribution < -0.4 is 9.62 Å². The number of nitrogens with zero attached hydrogens (tertiary/aromatic N) is 3. The molecule has 1 saturated carbocycles. The third kappa shape index (κ3) is 3.61. The highest BCUT2D eigenvalue weighted by atomic mass is 32.2. The fourth-order valence-corrected chi connectivity index (χ4v) is 4.62. The minimum absolute atomic E-state index is 0.106. The predicted molar refractivity (Wildman–Crippen MR) is 109 cm³/mol. The summed E-state index contributed by atoms with van der Waals surface area (Å²) in [6.45, 7) is 0.497. The van der Waals surface area contributed by atoms with E-state index in [2.05, 4.69) is 14.9 Å². The number of sulfonamides is 1. The Morgan fingerprint density at radius 3 is 2.73 bits per heavy atom. The van der Waals surface area contributed by atoms with E-state index in [-0.39, 0.29) is 29.2 Å². The third-order valence-corrected chi connectivity index (χ3v) is 6.76. The van der Waals surface area contributed by atoms with Crippen LogP contribution in [0, 0.1) is 5.92 Å². The molecular weight excluding hydrogens is 404 g/mol. The zero-order chi connectivity index (χ0) is 20.7. The maximum atomic E-state index is 12.7. The number of anilines is 1. The largest absolute Gasteiger partial charge is 0.338 e. The van der Waals surface area contributed by atoms with Gasteiger partial charge in [0.15, 0.2) is 0 Å². The molecule has 3 aromatic rings. The van der Waals surface area contributed by atoms with E-state index in [1.807, 2.05) is 30.3 Å². The second kappa shape index (κ2) is 7.33. The number of rotatable bonds is 6. The number of aromatic nitrogens is 2. The molecule has 1 amide bonds. The van der Waals surface area contributed by atoms with E-state index in [1.165, 1.54) is 6.07 Å². The highest BCUT2D eigenvalue weighted by Gasteiger charge is 2.36. The number of hydrogen-bond acceptors (Lipinski definition) is 6. The van der Waals surface area contributed by atoms with Crippen molar-refractivity contribution in [1.82, 2.24) is 14.9 Å². The lowest BCUT2D eigenvalue weighted by atomic mass is 10.2. The van der Waals surface area contributed by atoms with Crippen LogP contribution in [0.4, 0.5) is 5.69 Å². The minimum Gasteiger partial charge on any atom is -0.338 e. The average Bonchev–Trinajstić information content (AvgIpc) is 3.35. The Hall–Kier alpha value is -3.04. The molecule has 1 aliphatic carbocycles. The zero-order valence-electron chi connectivity index (χ0n) is 16.1. The van der Waals surface area contributed by atoms with Gasteiger partial charge < -0.3 is 9.42 Å². The normalized spacial score (nSPS) is 15.9. The first-order chi connectivity index (χ1) is 14.5. The molecule has 1 aliphatic heterocycles. The first-order valence-electron chi connectivity index (χ1n) is 9.83. The first-order valence-corrected chi connectivity index (χ1v) is 11.3. The Bertz CT molecular complexity index is 1200. The molecule has 2 heterocycles. The van der Waals surface area contributed by atoms with Crippen molar-refractivity contribution in [2.75, 3.05) is 11.4 Å². The van der Waals surface area contributed by atoms with E-state index >= 15 is 0 Å². The Balaban J connectivity index is 1.29. The van der Waals surface area contributed by atoms with Crippen molar-refractivity contribution in [3.05, 3.63) is 60.0 Å². The lowest BCUT2D eigenvalue weighted by Gasteiger charge is -2.17. The van der Waals surface area contributed by atoms with Gasteiger partial charge in [-0.1, -0.05) is 35.5 Å². The fourth-order valence-electron chi connectivity index (χ4n) is 3.60. The molecular formula is C21H20N4O4S. The number of fused-ring (bicyclic) bond motifs is 1. The predicted octanol–water partition coefficient (Wildman–Crippen LogP) is 2.51.